The molecule has 0 saturated heterocycles. The number of hydrogen-bond acceptors (Lipinski definition) is 5. The molecule has 4 nitrogen and oxygen atoms in total. The Bertz CT molecular complexity index is 627. The summed E-state index contributed by atoms with van der Waals surface area (Å²) in [6, 6.07) is 11.9. The van der Waals surface area contributed by atoms with Crippen molar-refractivity contribution in [1.82, 2.24) is 4.98 Å². The van der Waals surface area contributed by atoms with Gasteiger partial charge in [0.05, 0.1) is 16.9 Å². The van der Waals surface area contributed by atoms with Crippen LogP contribution in [0.1, 0.15) is 5.56 Å². The third-order valence-electron chi connectivity index (χ3n) is 2.21. The monoisotopic (exact) mass is 281 g/mol. The zero-order valence-corrected chi connectivity index (χ0v) is 11.2. The molecule has 1 aromatic heterocycles. The van der Waals surface area contributed by atoms with Gasteiger partial charge in [0.25, 0.3) is 0 Å². The molecule has 2 rings (SSSR count). The van der Waals surface area contributed by atoms with Crippen molar-refractivity contribution in [2.45, 2.75) is 16.8 Å². The molecule has 0 unspecified atom stereocenters. The molecule has 0 saturated carbocycles. The molecule has 0 fully saturated rings. The molecular weight excluding hydrogens is 270 g/mol. The van der Waals surface area contributed by atoms with Gasteiger partial charge in [-0.05, 0) is 30.7 Å². The lowest BCUT2D eigenvalue weighted by molar-refractivity contribution is 0.517. The number of aromatic nitrogens is 1. The first-order valence-corrected chi connectivity index (χ1v) is 7.32. The molecular formula is C12H11NO3S2. The summed E-state index contributed by atoms with van der Waals surface area (Å²) < 4.78 is 28.8. The number of rotatable bonds is 4. The molecule has 0 aliphatic carbocycles. The summed E-state index contributed by atoms with van der Waals surface area (Å²) >= 11 is 0.732. The molecule has 94 valence electrons. The molecule has 6 heteroatoms. The summed E-state index contributed by atoms with van der Waals surface area (Å²) in [5.74, 6) is 0. The van der Waals surface area contributed by atoms with Gasteiger partial charge in [-0.2, -0.15) is 12.0 Å². The Kier molecular flexibility index (Phi) is 4.00. The molecule has 0 N–H and O–H groups in total. The number of nitrogens with zero attached hydrogens (tertiary/aromatic N) is 1. The minimum atomic E-state index is -3.77. The fourth-order valence-corrected chi connectivity index (χ4v) is 3.23. The Balaban J connectivity index is 2.16. The van der Waals surface area contributed by atoms with E-state index < -0.39 is 10.1 Å². The van der Waals surface area contributed by atoms with Gasteiger partial charge in [0.2, 0.25) is 0 Å². The van der Waals surface area contributed by atoms with Crippen LogP contribution in [-0.2, 0) is 13.7 Å². The Morgan fingerprint density at radius 3 is 2.50 bits per heavy atom. The van der Waals surface area contributed by atoms with Crippen LogP contribution in [-0.4, -0.2) is 13.4 Å². The minimum absolute atomic E-state index is 0.174. The Morgan fingerprint density at radius 2 is 1.83 bits per heavy atom. The molecule has 18 heavy (non-hydrogen) atoms. The number of aryl methyl sites for hydroxylation is 1. The van der Waals surface area contributed by atoms with E-state index in [4.69, 9.17) is 3.63 Å². The van der Waals surface area contributed by atoms with Gasteiger partial charge in [-0.1, -0.05) is 24.3 Å². The van der Waals surface area contributed by atoms with Gasteiger partial charge >= 0.3 is 10.1 Å². The van der Waals surface area contributed by atoms with Crippen LogP contribution < -0.4 is 0 Å². The van der Waals surface area contributed by atoms with Crippen molar-refractivity contribution in [3.63, 3.8) is 0 Å². The zero-order chi connectivity index (χ0) is 13.0. The Hall–Kier alpha value is -1.37. The highest BCUT2D eigenvalue weighted by Gasteiger charge is 2.18. The van der Waals surface area contributed by atoms with Gasteiger partial charge in [0.15, 0.2) is 0 Å². The molecule has 0 aliphatic rings. The normalized spacial score (nSPS) is 11.4. The van der Waals surface area contributed by atoms with E-state index >= 15 is 0 Å². The summed E-state index contributed by atoms with van der Waals surface area (Å²) in [5.41, 5.74) is 0.652. The Morgan fingerprint density at radius 1 is 1.11 bits per heavy atom. The largest absolute Gasteiger partial charge is 0.308 e. The van der Waals surface area contributed by atoms with Gasteiger partial charge in [-0.15, -0.1) is 0 Å². The van der Waals surface area contributed by atoms with Crippen molar-refractivity contribution in [3.05, 3.63) is 54.2 Å². The lowest BCUT2D eigenvalue weighted by atomic mass is 10.2. The van der Waals surface area contributed by atoms with Gasteiger partial charge < -0.3 is 0 Å². The molecule has 0 bridgehead atoms. The highest BCUT2D eigenvalue weighted by atomic mass is 32.3. The standard InChI is InChI=1S/C12H11NO3S2/c1-10-6-2-3-7-11(10)18(14,15)16-17-12-8-4-5-9-13-12/h2-9H,1H3. The van der Waals surface area contributed by atoms with E-state index in [-0.39, 0.29) is 4.90 Å². The van der Waals surface area contributed by atoms with Gasteiger partial charge in [-0.25, -0.2) is 4.98 Å². The zero-order valence-electron chi connectivity index (χ0n) is 9.61. The Labute approximate surface area is 110 Å². The predicted octanol–water partition coefficient (Wildman–Crippen LogP) is 2.80. The average Bonchev–Trinajstić information content (AvgIpc) is 2.38. The summed E-state index contributed by atoms with van der Waals surface area (Å²) in [7, 11) is -3.77. The van der Waals surface area contributed by atoms with Gasteiger partial charge in [0, 0.05) is 6.20 Å². The second-order valence-corrected chi connectivity index (χ2v) is 6.02. The second kappa shape index (κ2) is 5.51. The third kappa shape index (κ3) is 3.10. The quantitative estimate of drug-likeness (QED) is 0.807. The smallest absolute Gasteiger partial charge is 0.248 e. The lowest BCUT2D eigenvalue weighted by Gasteiger charge is -2.06. The fraction of sp³-hybridized carbons (Fsp3) is 0.0833. The molecule has 0 spiro atoms. The molecule has 1 heterocycles. The number of hydrogen-bond donors (Lipinski definition) is 0. The summed E-state index contributed by atoms with van der Waals surface area (Å²) in [5, 5.41) is 0.495. The molecule has 0 amide bonds. The average molecular weight is 281 g/mol. The maximum absolute atomic E-state index is 12.0. The fourth-order valence-electron chi connectivity index (χ4n) is 1.35. The van der Waals surface area contributed by atoms with E-state index in [2.05, 4.69) is 4.98 Å². The van der Waals surface area contributed by atoms with Crippen LogP contribution in [0.3, 0.4) is 0 Å². The summed E-state index contributed by atoms with van der Waals surface area (Å²) in [6.45, 7) is 1.72. The highest BCUT2D eigenvalue weighted by Crippen LogP contribution is 2.25. The summed E-state index contributed by atoms with van der Waals surface area (Å²) in [4.78, 5) is 4.15. The summed E-state index contributed by atoms with van der Waals surface area (Å²) in [6.07, 6.45) is 1.58. The first-order valence-electron chi connectivity index (χ1n) is 5.17. The van der Waals surface area contributed by atoms with Gasteiger partial charge in [-0.3, -0.25) is 0 Å². The molecule has 0 aliphatic heterocycles. The van der Waals surface area contributed by atoms with Crippen LogP contribution in [0.4, 0.5) is 0 Å². The van der Waals surface area contributed by atoms with Crippen molar-refractivity contribution < 1.29 is 12.0 Å². The minimum Gasteiger partial charge on any atom is -0.248 e. The third-order valence-corrected chi connectivity index (χ3v) is 4.61. The predicted molar refractivity (Wildman–Crippen MR) is 69.5 cm³/mol. The SMILES string of the molecule is Cc1ccccc1S(=O)(=O)OSc1ccccn1. The van der Waals surface area contributed by atoms with E-state index in [1.165, 1.54) is 6.07 Å². The topological polar surface area (TPSA) is 56.3 Å². The number of pyridine rings is 1. The maximum atomic E-state index is 12.0. The van der Waals surface area contributed by atoms with Gasteiger partial charge in [0.1, 0.15) is 5.03 Å². The van der Waals surface area contributed by atoms with Crippen LogP contribution in [0.25, 0.3) is 0 Å². The van der Waals surface area contributed by atoms with E-state index in [1.807, 2.05) is 0 Å². The lowest BCUT2D eigenvalue weighted by Crippen LogP contribution is -2.03. The number of benzene rings is 1. The van der Waals surface area contributed by atoms with Crippen molar-refractivity contribution in [1.29, 1.82) is 0 Å². The first-order chi connectivity index (χ1) is 8.59. The van der Waals surface area contributed by atoms with E-state index in [0.717, 1.165) is 12.0 Å². The van der Waals surface area contributed by atoms with E-state index in [9.17, 15) is 8.42 Å². The van der Waals surface area contributed by atoms with Crippen LogP contribution >= 0.6 is 12.0 Å². The van der Waals surface area contributed by atoms with E-state index in [1.54, 1.807) is 49.5 Å². The van der Waals surface area contributed by atoms with Crippen LogP contribution in [0.15, 0.2) is 58.6 Å². The molecule has 2 aromatic rings. The van der Waals surface area contributed by atoms with Crippen LogP contribution in [0, 0.1) is 6.92 Å². The van der Waals surface area contributed by atoms with E-state index in [0.29, 0.717) is 10.6 Å². The molecule has 0 radical (unpaired) electrons. The second-order valence-electron chi connectivity index (χ2n) is 3.54. The molecule has 1 aromatic carbocycles. The molecule has 0 atom stereocenters. The van der Waals surface area contributed by atoms with Crippen LogP contribution in [0.2, 0.25) is 0 Å². The van der Waals surface area contributed by atoms with Crippen molar-refractivity contribution in [2.75, 3.05) is 0 Å². The van der Waals surface area contributed by atoms with Crippen molar-refractivity contribution in [2.24, 2.45) is 0 Å². The highest BCUT2D eigenvalue weighted by molar-refractivity contribution is 8.04. The van der Waals surface area contributed by atoms with Crippen LogP contribution in [0.5, 0.6) is 0 Å². The maximum Gasteiger partial charge on any atom is 0.308 e. The van der Waals surface area contributed by atoms with Crippen molar-refractivity contribution in [3.8, 4) is 0 Å². The van der Waals surface area contributed by atoms with Crippen molar-refractivity contribution >= 4 is 22.2 Å². The first kappa shape index (κ1) is 13.1.